The molecule has 2 N–H and O–H groups in total. The van der Waals surface area contributed by atoms with E-state index in [0.717, 1.165) is 17.9 Å². The van der Waals surface area contributed by atoms with Crippen molar-refractivity contribution >= 4 is 17.7 Å². The fraction of sp³-hybridized carbons (Fsp3) is 0.316. The smallest absolute Gasteiger partial charge is 0.251 e. The van der Waals surface area contributed by atoms with Crippen LogP contribution < -0.4 is 10.2 Å². The van der Waals surface area contributed by atoms with Crippen LogP contribution in [0.5, 0.6) is 0 Å². The average Bonchev–Trinajstić information content (AvgIpc) is 2.55. The summed E-state index contributed by atoms with van der Waals surface area (Å²) in [5.41, 5.74) is 3.09. The zero-order chi connectivity index (χ0) is 16.7. The number of carbonyl (C=O) groups is 1. The summed E-state index contributed by atoms with van der Waals surface area (Å²) in [4.78, 5) is 13.9. The first-order chi connectivity index (χ1) is 11.1. The van der Waals surface area contributed by atoms with Crippen LogP contribution in [0.2, 0.25) is 0 Å². The number of carbonyl (C=O) groups excluding carboxylic acids is 1. The number of hydrogen-bond donors (Lipinski definition) is 2. The van der Waals surface area contributed by atoms with Crippen LogP contribution in [0.4, 0.5) is 0 Å². The predicted molar refractivity (Wildman–Crippen MR) is 98.0 cm³/mol. The molecule has 4 heteroatoms. The molecule has 0 fully saturated rings. The van der Waals surface area contributed by atoms with Gasteiger partial charge in [-0.1, -0.05) is 42.5 Å². The molecule has 2 aromatic rings. The Labute approximate surface area is 143 Å². The highest BCUT2D eigenvalue weighted by Gasteiger charge is 2.18. The molecule has 0 aliphatic rings. The van der Waals surface area contributed by atoms with Gasteiger partial charge < -0.3 is 10.2 Å². The minimum Gasteiger partial charge on any atom is -0.340 e. The summed E-state index contributed by atoms with van der Waals surface area (Å²) in [6.45, 7) is 0.848. The van der Waals surface area contributed by atoms with Gasteiger partial charge in [0.1, 0.15) is 12.6 Å². The van der Waals surface area contributed by atoms with E-state index in [2.05, 4.69) is 37.8 Å². The zero-order valence-electron chi connectivity index (χ0n) is 14.0. The van der Waals surface area contributed by atoms with Gasteiger partial charge in [0.2, 0.25) is 0 Å². The Morgan fingerprint density at radius 2 is 1.74 bits per heavy atom. The average molecular weight is 329 g/mol. The molecule has 3 nitrogen and oxygen atoms in total. The zero-order valence-corrected chi connectivity index (χ0v) is 14.8. The van der Waals surface area contributed by atoms with Crippen molar-refractivity contribution in [3.05, 3.63) is 71.3 Å². The van der Waals surface area contributed by atoms with E-state index in [1.807, 2.05) is 42.5 Å². The second-order valence-electron chi connectivity index (χ2n) is 5.98. The monoisotopic (exact) mass is 329 g/mol. The summed E-state index contributed by atoms with van der Waals surface area (Å²) in [7, 11) is 4.19. The molecule has 0 radical (unpaired) electrons. The van der Waals surface area contributed by atoms with Gasteiger partial charge in [-0.2, -0.15) is 11.8 Å². The Kier molecular flexibility index (Phi) is 6.68. The van der Waals surface area contributed by atoms with E-state index >= 15 is 0 Å². The fourth-order valence-corrected chi connectivity index (χ4v) is 3.03. The van der Waals surface area contributed by atoms with E-state index < -0.39 is 0 Å². The van der Waals surface area contributed by atoms with Crippen molar-refractivity contribution in [3.8, 4) is 0 Å². The summed E-state index contributed by atoms with van der Waals surface area (Å²) in [5.74, 6) is 0.953. The number of quaternary nitrogens is 1. The van der Waals surface area contributed by atoms with Crippen LogP contribution in [-0.2, 0) is 5.75 Å². The Hall–Kier alpha value is -1.78. The van der Waals surface area contributed by atoms with Gasteiger partial charge in [-0.15, -0.1) is 0 Å². The molecule has 1 atom stereocenters. The number of rotatable bonds is 7. The van der Waals surface area contributed by atoms with Crippen molar-refractivity contribution in [1.82, 2.24) is 5.32 Å². The summed E-state index contributed by atoms with van der Waals surface area (Å²) < 4.78 is 0. The number of likely N-dealkylation sites (N-methyl/N-ethyl adjacent to an activating group) is 1. The third-order valence-corrected chi connectivity index (χ3v) is 4.27. The van der Waals surface area contributed by atoms with Crippen LogP contribution in [-0.4, -0.2) is 32.8 Å². The highest BCUT2D eigenvalue weighted by atomic mass is 32.2. The first-order valence-electron chi connectivity index (χ1n) is 7.83. The molecular formula is C19H25N2OS+. The Morgan fingerprint density at radius 1 is 1.09 bits per heavy atom. The fourth-order valence-electron chi connectivity index (χ4n) is 2.51. The van der Waals surface area contributed by atoms with Crippen LogP contribution in [0.25, 0.3) is 0 Å². The summed E-state index contributed by atoms with van der Waals surface area (Å²) >= 11 is 1.78. The molecule has 0 unspecified atom stereocenters. The predicted octanol–water partition coefficient (Wildman–Crippen LogP) is 2.17. The highest BCUT2D eigenvalue weighted by molar-refractivity contribution is 7.97. The maximum atomic E-state index is 12.6. The molecule has 122 valence electrons. The van der Waals surface area contributed by atoms with E-state index in [-0.39, 0.29) is 11.9 Å². The van der Waals surface area contributed by atoms with Crippen molar-refractivity contribution in [2.75, 3.05) is 26.9 Å². The molecule has 0 saturated carbocycles. The van der Waals surface area contributed by atoms with Crippen molar-refractivity contribution < 1.29 is 9.69 Å². The summed E-state index contributed by atoms with van der Waals surface area (Å²) in [5, 5.41) is 3.17. The van der Waals surface area contributed by atoms with Gasteiger partial charge in [-0.05, 0) is 29.5 Å². The molecule has 2 rings (SSSR count). The minimum absolute atomic E-state index is 0.0135. The lowest BCUT2D eigenvalue weighted by molar-refractivity contribution is -0.860. The van der Waals surface area contributed by atoms with E-state index in [9.17, 15) is 4.79 Å². The Balaban J connectivity index is 2.10. The minimum atomic E-state index is -0.0178. The van der Waals surface area contributed by atoms with Gasteiger partial charge in [0, 0.05) is 11.3 Å². The van der Waals surface area contributed by atoms with Gasteiger partial charge >= 0.3 is 0 Å². The maximum absolute atomic E-state index is 12.6. The second-order valence-corrected chi connectivity index (χ2v) is 6.84. The van der Waals surface area contributed by atoms with Crippen molar-refractivity contribution in [1.29, 1.82) is 0 Å². The largest absolute Gasteiger partial charge is 0.340 e. The van der Waals surface area contributed by atoms with E-state index in [1.165, 1.54) is 10.5 Å². The van der Waals surface area contributed by atoms with Gasteiger partial charge in [-0.3, -0.25) is 4.79 Å². The molecule has 0 saturated heterocycles. The molecule has 0 heterocycles. The maximum Gasteiger partial charge on any atom is 0.251 e. The summed E-state index contributed by atoms with van der Waals surface area (Å²) in [6, 6.07) is 18.0. The normalized spacial score (nSPS) is 12.2. The van der Waals surface area contributed by atoms with Gasteiger partial charge in [-0.25, -0.2) is 0 Å². The third-order valence-electron chi connectivity index (χ3n) is 3.65. The Bertz CT molecular complexity index is 611. The van der Waals surface area contributed by atoms with Crippen LogP contribution in [0.1, 0.15) is 27.5 Å². The van der Waals surface area contributed by atoms with Crippen molar-refractivity contribution in [2.24, 2.45) is 0 Å². The molecule has 0 spiro atoms. The number of thioether (sulfide) groups is 1. The molecule has 2 aromatic carbocycles. The summed E-state index contributed by atoms with van der Waals surface area (Å²) in [6.07, 6.45) is 2.08. The van der Waals surface area contributed by atoms with Gasteiger partial charge in [0.05, 0.1) is 14.1 Å². The molecule has 1 amide bonds. The van der Waals surface area contributed by atoms with E-state index in [1.54, 1.807) is 11.8 Å². The van der Waals surface area contributed by atoms with Crippen molar-refractivity contribution in [3.63, 3.8) is 0 Å². The quantitative estimate of drug-likeness (QED) is 0.816. The van der Waals surface area contributed by atoms with Crippen molar-refractivity contribution in [2.45, 2.75) is 11.8 Å². The van der Waals surface area contributed by atoms with Crippen LogP contribution >= 0.6 is 11.8 Å². The molecule has 23 heavy (non-hydrogen) atoms. The highest BCUT2D eigenvalue weighted by Crippen LogP contribution is 2.14. The lowest BCUT2D eigenvalue weighted by atomic mass is 10.1. The number of benzene rings is 2. The van der Waals surface area contributed by atoms with Crippen LogP contribution in [0, 0.1) is 0 Å². The number of hydrogen-bond acceptors (Lipinski definition) is 2. The first-order valence-corrected chi connectivity index (χ1v) is 9.22. The molecule has 0 bridgehead atoms. The van der Waals surface area contributed by atoms with Gasteiger partial charge in [0.15, 0.2) is 0 Å². The SMILES string of the molecule is CSCc1ccc(C(=O)N[C@@H](C[NH+](C)C)c2ccccc2)cc1. The molecule has 0 aromatic heterocycles. The molecular weight excluding hydrogens is 304 g/mol. The third kappa shape index (κ3) is 5.41. The topological polar surface area (TPSA) is 33.5 Å². The standard InChI is InChI=1S/C19H24N2OS/c1-21(2)13-18(16-7-5-4-6-8-16)20-19(22)17-11-9-15(10-12-17)14-23-3/h4-12,18H,13-14H2,1-3H3,(H,20,22)/p+1/t18-/m0/s1. The number of amides is 1. The van der Waals surface area contributed by atoms with Crippen LogP contribution in [0.15, 0.2) is 54.6 Å². The number of nitrogens with one attached hydrogen (secondary N) is 2. The lowest BCUT2D eigenvalue weighted by Crippen LogP contribution is -3.06. The lowest BCUT2D eigenvalue weighted by Gasteiger charge is -2.21. The van der Waals surface area contributed by atoms with E-state index in [0.29, 0.717) is 5.56 Å². The second kappa shape index (κ2) is 8.75. The van der Waals surface area contributed by atoms with Crippen LogP contribution in [0.3, 0.4) is 0 Å². The molecule has 0 aliphatic heterocycles. The van der Waals surface area contributed by atoms with E-state index in [4.69, 9.17) is 0 Å². The first kappa shape index (κ1) is 17.6. The van der Waals surface area contributed by atoms with Gasteiger partial charge in [0.25, 0.3) is 5.91 Å². The molecule has 0 aliphatic carbocycles. The Morgan fingerprint density at radius 3 is 2.30 bits per heavy atom.